The van der Waals surface area contributed by atoms with E-state index in [1.807, 2.05) is 0 Å². The summed E-state index contributed by atoms with van der Waals surface area (Å²) in [5.41, 5.74) is 4.05. The number of carbonyl (C=O) groups is 1. The van der Waals surface area contributed by atoms with Crippen molar-refractivity contribution in [2.24, 2.45) is 0 Å². The van der Waals surface area contributed by atoms with Crippen LogP contribution in [0.4, 0.5) is 14.5 Å². The lowest BCUT2D eigenvalue weighted by atomic mass is 10.1. The third kappa shape index (κ3) is 4.78. The number of carbonyl (C=O) groups excluding carboxylic acids is 1. The summed E-state index contributed by atoms with van der Waals surface area (Å²) in [4.78, 5) is 11.4. The van der Waals surface area contributed by atoms with Crippen molar-refractivity contribution in [1.82, 2.24) is 19.4 Å². The summed E-state index contributed by atoms with van der Waals surface area (Å²) < 4.78 is 28.0. The van der Waals surface area contributed by atoms with Crippen LogP contribution in [0.25, 0.3) is 16.6 Å². The number of anilines is 1. The van der Waals surface area contributed by atoms with Crippen molar-refractivity contribution in [3.05, 3.63) is 84.5 Å². The number of fused-ring (bicyclic) bond motifs is 1. The molecule has 4 rings (SSSR count). The fourth-order valence-corrected chi connectivity index (χ4v) is 3.18. The first-order valence-corrected chi connectivity index (χ1v) is 9.75. The van der Waals surface area contributed by atoms with E-state index in [0.717, 1.165) is 0 Å². The molecule has 1 amide bonds. The molecule has 0 spiro atoms. The third-order valence-corrected chi connectivity index (χ3v) is 4.70. The Bertz CT molecular complexity index is 1450. The van der Waals surface area contributed by atoms with E-state index in [1.54, 1.807) is 36.5 Å². The van der Waals surface area contributed by atoms with Gasteiger partial charge in [0.1, 0.15) is 12.6 Å². The molecule has 0 atom stereocenters. The second-order valence-electron chi connectivity index (χ2n) is 6.97. The van der Waals surface area contributed by atoms with E-state index in [4.69, 9.17) is 0 Å². The van der Waals surface area contributed by atoms with Crippen LogP contribution in [-0.2, 0) is 11.3 Å². The number of nitrogens with one attached hydrogen (secondary N) is 1. The number of halogens is 2. The number of hydrogen-bond acceptors (Lipinski definition) is 4. The van der Waals surface area contributed by atoms with E-state index in [2.05, 4.69) is 40.0 Å². The maximum Gasteiger partial charge on any atom is 0.257 e. The third-order valence-electron chi connectivity index (χ3n) is 4.70. The van der Waals surface area contributed by atoms with Crippen molar-refractivity contribution in [2.75, 3.05) is 5.32 Å². The molecule has 7 nitrogen and oxygen atoms in total. The fraction of sp³-hybridized carbons (Fsp3) is 0.0833. The molecule has 162 valence electrons. The number of hydrogen-bond donors (Lipinski definition) is 1. The first-order valence-electron chi connectivity index (χ1n) is 9.75. The quantitative estimate of drug-likeness (QED) is 0.376. The van der Waals surface area contributed by atoms with Gasteiger partial charge in [-0.25, -0.2) is 13.3 Å². The Kier molecular flexibility index (Phi) is 5.96. The predicted octanol–water partition coefficient (Wildman–Crippen LogP) is 3.86. The van der Waals surface area contributed by atoms with Crippen LogP contribution in [0.1, 0.15) is 16.7 Å². The first kappa shape index (κ1) is 21.5. The van der Waals surface area contributed by atoms with Crippen molar-refractivity contribution in [3.63, 3.8) is 0 Å². The van der Waals surface area contributed by atoms with Gasteiger partial charge in [0.05, 0.1) is 29.0 Å². The number of nitriles is 1. The van der Waals surface area contributed by atoms with E-state index < -0.39 is 13.0 Å². The van der Waals surface area contributed by atoms with Gasteiger partial charge in [-0.3, -0.25) is 9.48 Å². The van der Waals surface area contributed by atoms with E-state index in [-0.39, 0.29) is 5.91 Å². The molecule has 9 heteroatoms. The Hall–Kier alpha value is -4.76. The van der Waals surface area contributed by atoms with Gasteiger partial charge < -0.3 is 5.32 Å². The number of aromatic nitrogens is 4. The zero-order valence-corrected chi connectivity index (χ0v) is 17.2. The number of rotatable bonds is 5. The lowest BCUT2D eigenvalue weighted by molar-refractivity contribution is -0.111. The van der Waals surface area contributed by atoms with E-state index in [0.29, 0.717) is 39.0 Å². The van der Waals surface area contributed by atoms with Crippen LogP contribution in [0.15, 0.2) is 67.8 Å². The van der Waals surface area contributed by atoms with Crippen LogP contribution in [0.3, 0.4) is 0 Å². The van der Waals surface area contributed by atoms with Gasteiger partial charge in [-0.05, 0) is 36.4 Å². The van der Waals surface area contributed by atoms with Crippen molar-refractivity contribution >= 4 is 17.1 Å². The van der Waals surface area contributed by atoms with Crippen LogP contribution >= 0.6 is 0 Å². The molecule has 0 bridgehead atoms. The maximum atomic E-state index is 12.7. The molecule has 1 N–H and O–H groups in total. The largest absolute Gasteiger partial charge is 0.323 e. The summed E-state index contributed by atoms with van der Waals surface area (Å²) in [7, 11) is 0. The Morgan fingerprint density at radius 2 is 1.91 bits per heavy atom. The zero-order valence-electron chi connectivity index (χ0n) is 17.2. The average Bonchev–Trinajstić information content (AvgIpc) is 3.44. The average molecular weight is 442 g/mol. The van der Waals surface area contributed by atoms with Crippen LogP contribution in [0.2, 0.25) is 0 Å². The Morgan fingerprint density at radius 3 is 2.61 bits per heavy atom. The van der Waals surface area contributed by atoms with Gasteiger partial charge >= 0.3 is 0 Å². The van der Waals surface area contributed by atoms with Gasteiger partial charge in [0, 0.05) is 34.8 Å². The van der Waals surface area contributed by atoms with Crippen LogP contribution in [0, 0.1) is 23.2 Å². The molecule has 0 saturated heterocycles. The Morgan fingerprint density at radius 1 is 1.12 bits per heavy atom. The molecule has 0 aliphatic heterocycles. The molecule has 0 radical (unpaired) electrons. The molecule has 0 unspecified atom stereocenters. The fourth-order valence-electron chi connectivity index (χ4n) is 3.18. The summed E-state index contributed by atoms with van der Waals surface area (Å²) in [5, 5.41) is 20.3. The molecule has 0 fully saturated rings. The monoisotopic (exact) mass is 442 g/mol. The highest BCUT2D eigenvalue weighted by molar-refractivity contribution is 5.98. The standard InChI is InChI=1S/C24H16F2N6O/c1-2-23(33)30-21-7-4-16(5-8-21)3-6-17-9-18(14-32-24(17)19(10-27)11-29-32)20-12-28-31(13-20)15-22(25)26/h2,4-5,7-9,11-14,22H,1,15H2,(H,30,33). The van der Waals surface area contributed by atoms with E-state index in [9.17, 15) is 18.8 Å². The lowest BCUT2D eigenvalue weighted by Crippen LogP contribution is -2.06. The number of benzene rings is 1. The topological polar surface area (TPSA) is 88.0 Å². The smallest absolute Gasteiger partial charge is 0.257 e. The minimum absolute atomic E-state index is 0.310. The number of nitrogens with zero attached hydrogens (tertiary/aromatic N) is 5. The molecular formula is C24H16F2N6O. The summed E-state index contributed by atoms with van der Waals surface area (Å²) in [6.07, 6.45) is 4.83. The highest BCUT2D eigenvalue weighted by atomic mass is 19.3. The highest BCUT2D eigenvalue weighted by Crippen LogP contribution is 2.24. The van der Waals surface area contributed by atoms with Crippen molar-refractivity contribution in [1.29, 1.82) is 5.26 Å². The van der Waals surface area contributed by atoms with E-state index in [1.165, 1.54) is 33.9 Å². The van der Waals surface area contributed by atoms with Gasteiger partial charge in [0.25, 0.3) is 6.43 Å². The van der Waals surface area contributed by atoms with Gasteiger partial charge in [-0.15, -0.1) is 0 Å². The van der Waals surface area contributed by atoms with E-state index >= 15 is 0 Å². The van der Waals surface area contributed by atoms with Gasteiger partial charge in [-0.1, -0.05) is 18.4 Å². The van der Waals surface area contributed by atoms with Crippen molar-refractivity contribution in [3.8, 4) is 29.0 Å². The molecule has 4 aromatic rings. The summed E-state index contributed by atoms with van der Waals surface area (Å²) in [5.74, 6) is 5.81. The Balaban J connectivity index is 1.72. The highest BCUT2D eigenvalue weighted by Gasteiger charge is 2.13. The molecule has 1 aromatic carbocycles. The minimum atomic E-state index is -2.51. The number of amides is 1. The Labute approximate surface area is 187 Å². The SMILES string of the molecule is C=CC(=O)Nc1ccc(C#Cc2cc(-c3cnn(CC(F)F)c3)cn3ncc(C#N)c23)cc1. The summed E-state index contributed by atoms with van der Waals surface area (Å²) in [6.45, 7) is 2.91. The first-order chi connectivity index (χ1) is 16.0. The van der Waals surface area contributed by atoms with Crippen molar-refractivity contribution in [2.45, 2.75) is 13.0 Å². The molecule has 0 saturated carbocycles. The summed E-state index contributed by atoms with van der Waals surface area (Å²) in [6, 6.07) is 10.8. The second-order valence-corrected chi connectivity index (χ2v) is 6.97. The second kappa shape index (κ2) is 9.16. The summed E-state index contributed by atoms with van der Waals surface area (Å²) >= 11 is 0. The normalized spacial score (nSPS) is 10.5. The lowest BCUT2D eigenvalue weighted by Gasteiger charge is -2.04. The van der Waals surface area contributed by atoms with Gasteiger partial charge in [0.15, 0.2) is 0 Å². The number of pyridine rings is 1. The molecular weight excluding hydrogens is 426 g/mol. The molecule has 3 heterocycles. The minimum Gasteiger partial charge on any atom is -0.323 e. The predicted molar refractivity (Wildman–Crippen MR) is 118 cm³/mol. The number of alkyl halides is 2. The van der Waals surface area contributed by atoms with Crippen LogP contribution < -0.4 is 5.32 Å². The van der Waals surface area contributed by atoms with Crippen LogP contribution in [-0.4, -0.2) is 31.7 Å². The van der Waals surface area contributed by atoms with Crippen LogP contribution in [0.5, 0.6) is 0 Å². The van der Waals surface area contributed by atoms with Gasteiger partial charge in [-0.2, -0.15) is 15.5 Å². The maximum absolute atomic E-state index is 12.7. The molecule has 0 aliphatic carbocycles. The molecule has 3 aromatic heterocycles. The zero-order chi connectivity index (χ0) is 23.4. The molecule has 0 aliphatic rings. The molecule has 33 heavy (non-hydrogen) atoms. The van der Waals surface area contributed by atoms with Gasteiger partial charge in [0.2, 0.25) is 5.91 Å². The van der Waals surface area contributed by atoms with Crippen molar-refractivity contribution < 1.29 is 13.6 Å².